The van der Waals surface area contributed by atoms with Gasteiger partial charge in [0.05, 0.1) is 21.3 Å². The molecule has 0 saturated carbocycles. The van der Waals surface area contributed by atoms with Gasteiger partial charge in [-0.15, -0.1) is 0 Å². The van der Waals surface area contributed by atoms with Gasteiger partial charge in [-0.2, -0.15) is 23.1 Å². The molecule has 3 aliphatic heterocycles. The van der Waals surface area contributed by atoms with Crippen molar-refractivity contribution in [1.29, 1.82) is 0 Å². The first-order valence-electron chi connectivity index (χ1n) is 15.3. The summed E-state index contributed by atoms with van der Waals surface area (Å²) in [5.74, 6) is -1.87. The number of fused-ring (bicyclic) bond motifs is 3. The Labute approximate surface area is 265 Å². The van der Waals surface area contributed by atoms with E-state index in [2.05, 4.69) is 38.6 Å². The van der Waals surface area contributed by atoms with Gasteiger partial charge in [-0.1, -0.05) is 11.3 Å². The maximum absolute atomic E-state index is 16.8. The van der Waals surface area contributed by atoms with Crippen molar-refractivity contribution in [3.05, 3.63) is 35.4 Å². The molecule has 8 nitrogen and oxygen atoms in total. The Balaban J connectivity index is 1.40. The fraction of sp³-hybridized carbons (Fsp3) is 0.516. The Hall–Kier alpha value is -3.43. The van der Waals surface area contributed by atoms with Crippen LogP contribution in [-0.4, -0.2) is 88.4 Å². The number of thiazole rings is 1. The number of anilines is 2. The summed E-state index contributed by atoms with van der Waals surface area (Å²) >= 11 is 0.763. The van der Waals surface area contributed by atoms with Crippen molar-refractivity contribution in [2.45, 2.75) is 57.0 Å². The molecule has 0 bridgehead atoms. The zero-order chi connectivity index (χ0) is 32.5. The number of nitrogens with two attached hydrogens (primary N) is 1. The molecule has 0 spiro atoms. The van der Waals surface area contributed by atoms with E-state index in [9.17, 15) is 22.0 Å². The second kappa shape index (κ2) is 11.4. The highest BCUT2D eigenvalue weighted by atomic mass is 32.1. The Kier molecular flexibility index (Phi) is 7.71. The van der Waals surface area contributed by atoms with Gasteiger partial charge < -0.3 is 15.4 Å². The molecule has 2 N–H and O–H groups in total. The molecular weight excluding hydrogens is 632 g/mol. The summed E-state index contributed by atoms with van der Waals surface area (Å²) in [6.07, 6.45) is -4.11. The normalized spacial score (nSPS) is 22.9. The molecule has 46 heavy (non-hydrogen) atoms. The van der Waals surface area contributed by atoms with Crippen molar-refractivity contribution in [3.8, 4) is 17.1 Å². The van der Waals surface area contributed by atoms with Crippen LogP contribution in [-0.2, 0) is 6.18 Å². The maximum Gasteiger partial charge on any atom is 0.417 e. The second-order valence-electron chi connectivity index (χ2n) is 12.6. The van der Waals surface area contributed by atoms with Crippen molar-refractivity contribution in [2.24, 2.45) is 0 Å². The molecule has 3 aliphatic rings. The standard InChI is InChI=1S/C31H33F6N7OS/c1-16(2)42-8-10-43(11-9-42)27-19-12-20(31(35,36)37)22(18-4-5-21(33)26-25(18)39-28(38)46-26)23(34)24(19)40-29(41-27)45-15-30-6-3-7-44(30)14-17(32)13-30/h4-5,12,16-17H,3,6-11,13-15H2,1-2H3,(H2,38,39). The number of benzene rings is 2. The van der Waals surface area contributed by atoms with Gasteiger partial charge >= 0.3 is 12.2 Å². The van der Waals surface area contributed by atoms with Crippen molar-refractivity contribution in [2.75, 3.05) is 56.5 Å². The van der Waals surface area contributed by atoms with E-state index < -0.39 is 40.6 Å². The summed E-state index contributed by atoms with van der Waals surface area (Å²) in [6, 6.07) is 2.96. The van der Waals surface area contributed by atoms with Crippen LogP contribution >= 0.6 is 11.3 Å². The minimum absolute atomic E-state index is 0.0608. The lowest BCUT2D eigenvalue weighted by Gasteiger charge is -2.38. The van der Waals surface area contributed by atoms with Crippen LogP contribution < -0.4 is 15.4 Å². The van der Waals surface area contributed by atoms with E-state index in [4.69, 9.17) is 10.5 Å². The highest BCUT2D eigenvalue weighted by Crippen LogP contribution is 2.46. The number of halogens is 6. The predicted molar refractivity (Wildman–Crippen MR) is 165 cm³/mol. The van der Waals surface area contributed by atoms with E-state index >= 15 is 4.39 Å². The van der Waals surface area contributed by atoms with Gasteiger partial charge in [0.15, 0.2) is 10.9 Å². The molecule has 2 unspecified atom stereocenters. The van der Waals surface area contributed by atoms with Crippen LogP contribution in [0.4, 0.5) is 37.3 Å². The fourth-order valence-corrected chi connectivity index (χ4v) is 8.04. The molecular formula is C31H33F6N7OS. The Morgan fingerprint density at radius 3 is 2.54 bits per heavy atom. The minimum Gasteiger partial charge on any atom is -0.461 e. The number of hydrogen-bond acceptors (Lipinski definition) is 9. The second-order valence-corrected chi connectivity index (χ2v) is 13.7. The van der Waals surface area contributed by atoms with Crippen LogP contribution in [0.15, 0.2) is 18.2 Å². The molecule has 2 aromatic heterocycles. The number of nitrogen functional groups attached to an aromatic ring is 1. The molecule has 7 rings (SSSR count). The molecule has 4 aromatic rings. The molecule has 3 fully saturated rings. The first-order chi connectivity index (χ1) is 21.8. The summed E-state index contributed by atoms with van der Waals surface area (Å²) in [5, 5.41) is -0.194. The zero-order valence-electron chi connectivity index (χ0n) is 25.3. The third kappa shape index (κ3) is 5.29. The lowest BCUT2D eigenvalue weighted by molar-refractivity contribution is -0.137. The van der Waals surface area contributed by atoms with Gasteiger partial charge in [-0.05, 0) is 51.4 Å². The topological polar surface area (TPSA) is 83.6 Å². The lowest BCUT2D eigenvalue weighted by Crippen LogP contribution is -2.49. The SMILES string of the molecule is CC(C)N1CCN(c2nc(OCC34CCCN3CC(F)C4)nc3c(F)c(-c4ccc(F)c5sc(N)nc45)c(C(F)(F)F)cc23)CC1. The summed E-state index contributed by atoms with van der Waals surface area (Å²) in [4.78, 5) is 19.1. The van der Waals surface area contributed by atoms with Crippen LogP contribution in [0.5, 0.6) is 6.01 Å². The third-order valence-electron chi connectivity index (χ3n) is 9.55. The Bertz CT molecular complexity index is 1810. The van der Waals surface area contributed by atoms with Gasteiger partial charge in [0.2, 0.25) is 0 Å². The summed E-state index contributed by atoms with van der Waals surface area (Å²) < 4.78 is 96.2. The average molecular weight is 666 g/mol. The predicted octanol–water partition coefficient (Wildman–Crippen LogP) is 6.27. The van der Waals surface area contributed by atoms with Gasteiger partial charge in [0.1, 0.15) is 29.9 Å². The molecule has 5 heterocycles. The molecule has 2 atom stereocenters. The smallest absolute Gasteiger partial charge is 0.417 e. The number of aromatic nitrogens is 3. The average Bonchev–Trinajstić information content (AvgIpc) is 3.67. The van der Waals surface area contributed by atoms with Gasteiger partial charge in [-0.25, -0.2) is 18.2 Å². The van der Waals surface area contributed by atoms with Crippen molar-refractivity contribution < 1.29 is 31.1 Å². The van der Waals surface area contributed by atoms with E-state index in [0.29, 0.717) is 32.7 Å². The highest BCUT2D eigenvalue weighted by Gasteiger charge is 2.49. The van der Waals surface area contributed by atoms with Crippen LogP contribution in [0.25, 0.3) is 32.2 Å². The lowest BCUT2D eigenvalue weighted by atomic mass is 9.95. The zero-order valence-corrected chi connectivity index (χ0v) is 26.1. The van der Waals surface area contributed by atoms with E-state index in [1.54, 1.807) is 0 Å². The monoisotopic (exact) mass is 665 g/mol. The Morgan fingerprint density at radius 1 is 1.07 bits per heavy atom. The van der Waals surface area contributed by atoms with Gasteiger partial charge in [0.25, 0.3) is 0 Å². The summed E-state index contributed by atoms with van der Waals surface area (Å²) in [7, 11) is 0. The fourth-order valence-electron chi connectivity index (χ4n) is 7.28. The first kappa shape index (κ1) is 31.2. The quantitative estimate of drug-likeness (QED) is 0.242. The van der Waals surface area contributed by atoms with E-state index in [-0.39, 0.29) is 62.7 Å². The van der Waals surface area contributed by atoms with Crippen LogP contribution in [0, 0.1) is 11.6 Å². The molecule has 0 amide bonds. The van der Waals surface area contributed by atoms with Crippen LogP contribution in [0.1, 0.15) is 38.7 Å². The van der Waals surface area contributed by atoms with Crippen LogP contribution in [0.3, 0.4) is 0 Å². The van der Waals surface area contributed by atoms with Crippen LogP contribution in [0.2, 0.25) is 0 Å². The molecule has 3 saturated heterocycles. The largest absolute Gasteiger partial charge is 0.461 e. The minimum atomic E-state index is -4.99. The van der Waals surface area contributed by atoms with E-state index in [0.717, 1.165) is 48.9 Å². The van der Waals surface area contributed by atoms with E-state index in [1.165, 1.54) is 0 Å². The molecule has 2 aromatic carbocycles. The highest BCUT2D eigenvalue weighted by molar-refractivity contribution is 7.22. The summed E-state index contributed by atoms with van der Waals surface area (Å²) in [6.45, 7) is 7.35. The number of hydrogen-bond donors (Lipinski definition) is 1. The number of nitrogens with zero attached hydrogens (tertiary/aromatic N) is 6. The van der Waals surface area contributed by atoms with Crippen molar-refractivity contribution in [1.82, 2.24) is 24.8 Å². The molecule has 15 heteroatoms. The number of rotatable bonds is 6. The molecule has 246 valence electrons. The maximum atomic E-state index is 16.8. The number of piperazine rings is 1. The molecule has 0 radical (unpaired) electrons. The van der Waals surface area contributed by atoms with Crippen molar-refractivity contribution in [3.63, 3.8) is 0 Å². The Morgan fingerprint density at radius 2 is 1.83 bits per heavy atom. The third-order valence-corrected chi connectivity index (χ3v) is 10.4. The van der Waals surface area contributed by atoms with Gasteiger partial charge in [0, 0.05) is 61.7 Å². The first-order valence-corrected chi connectivity index (χ1v) is 16.1. The van der Waals surface area contributed by atoms with Gasteiger partial charge in [-0.3, -0.25) is 9.80 Å². The number of alkyl halides is 4. The van der Waals surface area contributed by atoms with Crippen molar-refractivity contribution >= 4 is 43.4 Å². The summed E-state index contributed by atoms with van der Waals surface area (Å²) in [5.41, 5.74) is 2.36. The number of ether oxygens (including phenoxy) is 1. The van der Waals surface area contributed by atoms with E-state index in [1.807, 2.05) is 4.90 Å². The molecule has 0 aliphatic carbocycles.